The molecule has 0 aliphatic heterocycles. The molecule has 1 aromatic rings. The lowest BCUT2D eigenvalue weighted by Gasteiger charge is -2.17. The molecule has 1 unspecified atom stereocenters. The highest BCUT2D eigenvalue weighted by molar-refractivity contribution is 9.10. The molecule has 104 valence electrons. The van der Waals surface area contributed by atoms with E-state index in [0.29, 0.717) is 4.47 Å². The highest BCUT2D eigenvalue weighted by atomic mass is 79.9. The fraction of sp³-hybridized carbons (Fsp3) is 0.385. The van der Waals surface area contributed by atoms with Crippen molar-refractivity contribution >= 4 is 27.8 Å². The lowest BCUT2D eigenvalue weighted by Crippen LogP contribution is -2.35. The van der Waals surface area contributed by atoms with Crippen LogP contribution >= 0.6 is 15.9 Å². The summed E-state index contributed by atoms with van der Waals surface area (Å²) in [5, 5.41) is 11.6. The highest BCUT2D eigenvalue weighted by Gasteiger charge is 2.22. The minimum Gasteiger partial charge on any atom is -0.481 e. The van der Waals surface area contributed by atoms with Crippen molar-refractivity contribution in [2.45, 2.75) is 13.8 Å². The molecule has 0 spiro atoms. The lowest BCUT2D eigenvalue weighted by atomic mass is 9.96. The number of rotatable bonds is 5. The van der Waals surface area contributed by atoms with Crippen molar-refractivity contribution in [2.24, 2.45) is 11.8 Å². The van der Waals surface area contributed by atoms with Gasteiger partial charge in [0.05, 0.1) is 11.5 Å². The molecule has 0 heterocycles. The Morgan fingerprint density at radius 2 is 2.05 bits per heavy atom. The van der Waals surface area contributed by atoms with E-state index in [1.165, 1.54) is 18.2 Å². The van der Waals surface area contributed by atoms with Crippen LogP contribution in [0.3, 0.4) is 0 Å². The number of carboxylic acid groups (broad SMARTS) is 1. The third-order valence-electron chi connectivity index (χ3n) is 2.78. The van der Waals surface area contributed by atoms with Gasteiger partial charge in [-0.05, 0) is 40.0 Å². The average Bonchev–Trinajstić information content (AvgIpc) is 2.27. The van der Waals surface area contributed by atoms with Gasteiger partial charge in [0, 0.05) is 11.0 Å². The van der Waals surface area contributed by atoms with Crippen LogP contribution in [0.25, 0.3) is 0 Å². The second-order valence-electron chi connectivity index (χ2n) is 4.52. The topological polar surface area (TPSA) is 66.4 Å². The van der Waals surface area contributed by atoms with E-state index in [4.69, 9.17) is 5.11 Å². The minimum atomic E-state index is -0.950. The van der Waals surface area contributed by atoms with Crippen molar-refractivity contribution in [3.63, 3.8) is 0 Å². The summed E-state index contributed by atoms with van der Waals surface area (Å²) in [6.07, 6.45) is 0. The molecule has 0 fully saturated rings. The third-order valence-corrected chi connectivity index (χ3v) is 3.44. The average molecular weight is 332 g/mol. The van der Waals surface area contributed by atoms with Gasteiger partial charge in [-0.1, -0.05) is 13.8 Å². The molecule has 0 radical (unpaired) electrons. The maximum absolute atomic E-state index is 12.9. The smallest absolute Gasteiger partial charge is 0.308 e. The van der Waals surface area contributed by atoms with Crippen LogP contribution in [0.4, 0.5) is 4.39 Å². The summed E-state index contributed by atoms with van der Waals surface area (Å²) in [5.41, 5.74) is 0.272. The van der Waals surface area contributed by atoms with Crippen molar-refractivity contribution < 1.29 is 19.1 Å². The van der Waals surface area contributed by atoms with Gasteiger partial charge in [-0.25, -0.2) is 4.39 Å². The van der Waals surface area contributed by atoms with Gasteiger partial charge in [-0.15, -0.1) is 0 Å². The van der Waals surface area contributed by atoms with E-state index in [0.717, 1.165) is 0 Å². The van der Waals surface area contributed by atoms with Gasteiger partial charge in [0.2, 0.25) is 0 Å². The largest absolute Gasteiger partial charge is 0.481 e. The molecule has 2 N–H and O–H groups in total. The molecule has 0 saturated heterocycles. The van der Waals surface area contributed by atoms with Crippen molar-refractivity contribution in [2.75, 3.05) is 6.54 Å². The fourth-order valence-electron chi connectivity index (χ4n) is 1.58. The summed E-state index contributed by atoms with van der Waals surface area (Å²) >= 11 is 3.10. The van der Waals surface area contributed by atoms with E-state index in [1.54, 1.807) is 13.8 Å². The van der Waals surface area contributed by atoms with Crippen molar-refractivity contribution in [1.82, 2.24) is 5.32 Å². The van der Waals surface area contributed by atoms with E-state index < -0.39 is 23.6 Å². The van der Waals surface area contributed by atoms with Gasteiger partial charge in [0.25, 0.3) is 5.91 Å². The van der Waals surface area contributed by atoms with Crippen molar-refractivity contribution in [1.29, 1.82) is 0 Å². The van der Waals surface area contributed by atoms with Gasteiger partial charge in [0.1, 0.15) is 5.82 Å². The molecule has 1 aromatic carbocycles. The summed E-state index contributed by atoms with van der Waals surface area (Å²) in [5.74, 6) is -2.57. The Balaban J connectivity index is 2.72. The number of hydrogen-bond acceptors (Lipinski definition) is 2. The lowest BCUT2D eigenvalue weighted by molar-refractivity contribution is -0.142. The Morgan fingerprint density at radius 1 is 1.42 bits per heavy atom. The van der Waals surface area contributed by atoms with Crippen LogP contribution in [-0.2, 0) is 4.79 Å². The highest BCUT2D eigenvalue weighted by Crippen LogP contribution is 2.18. The van der Waals surface area contributed by atoms with Gasteiger partial charge in [0.15, 0.2) is 0 Å². The van der Waals surface area contributed by atoms with Crippen LogP contribution in [0.5, 0.6) is 0 Å². The number of carbonyl (C=O) groups is 2. The number of nitrogens with one attached hydrogen (secondary N) is 1. The van der Waals surface area contributed by atoms with Gasteiger partial charge in [-0.2, -0.15) is 0 Å². The van der Waals surface area contributed by atoms with Crippen molar-refractivity contribution in [3.8, 4) is 0 Å². The van der Waals surface area contributed by atoms with Crippen LogP contribution in [0.2, 0.25) is 0 Å². The zero-order valence-corrected chi connectivity index (χ0v) is 12.2. The predicted octanol–water partition coefficient (Wildman–Crippen LogP) is 2.67. The molecular weight excluding hydrogens is 317 g/mol. The first-order chi connectivity index (χ1) is 8.82. The van der Waals surface area contributed by atoms with Crippen molar-refractivity contribution in [3.05, 3.63) is 34.1 Å². The zero-order valence-electron chi connectivity index (χ0n) is 10.6. The van der Waals surface area contributed by atoms with E-state index >= 15 is 0 Å². The second-order valence-corrected chi connectivity index (χ2v) is 5.38. The summed E-state index contributed by atoms with van der Waals surface area (Å²) in [4.78, 5) is 22.9. The first-order valence-corrected chi connectivity index (χ1v) is 6.58. The normalized spacial score (nSPS) is 12.3. The molecule has 0 aliphatic rings. The van der Waals surface area contributed by atoms with E-state index in [1.807, 2.05) is 0 Å². The molecule has 4 nitrogen and oxygen atoms in total. The Labute approximate surface area is 119 Å². The van der Waals surface area contributed by atoms with E-state index in [-0.39, 0.29) is 18.0 Å². The molecule has 0 aromatic heterocycles. The van der Waals surface area contributed by atoms with Gasteiger partial charge < -0.3 is 10.4 Å². The third kappa shape index (κ3) is 4.31. The SMILES string of the molecule is CC(C)C(CNC(=O)c1ccc(F)cc1Br)C(=O)O. The second kappa shape index (κ2) is 6.65. The quantitative estimate of drug-likeness (QED) is 0.871. The number of carboxylic acids is 1. The maximum atomic E-state index is 12.9. The number of amides is 1. The summed E-state index contributed by atoms with van der Waals surface area (Å²) in [6, 6.07) is 3.71. The first kappa shape index (κ1) is 15.6. The number of hydrogen-bond donors (Lipinski definition) is 2. The zero-order chi connectivity index (χ0) is 14.6. The van der Waals surface area contributed by atoms with Gasteiger partial charge >= 0.3 is 5.97 Å². The van der Waals surface area contributed by atoms with E-state index in [9.17, 15) is 14.0 Å². The number of benzene rings is 1. The maximum Gasteiger partial charge on any atom is 0.308 e. The summed E-state index contributed by atoms with van der Waals surface area (Å²) in [6.45, 7) is 3.59. The van der Waals surface area contributed by atoms with Crippen LogP contribution in [0.15, 0.2) is 22.7 Å². The fourth-order valence-corrected chi connectivity index (χ4v) is 2.11. The molecule has 1 amide bonds. The standard InChI is InChI=1S/C13H15BrFNO3/c1-7(2)10(13(18)19)6-16-12(17)9-4-3-8(15)5-11(9)14/h3-5,7,10H,6H2,1-2H3,(H,16,17)(H,18,19). The van der Waals surface area contributed by atoms with Crippen LogP contribution in [0.1, 0.15) is 24.2 Å². The minimum absolute atomic E-state index is 0.0374. The molecule has 0 saturated carbocycles. The molecule has 1 atom stereocenters. The number of carbonyl (C=O) groups excluding carboxylic acids is 1. The summed E-state index contributed by atoms with van der Waals surface area (Å²) < 4.78 is 13.2. The number of aliphatic carboxylic acids is 1. The van der Waals surface area contributed by atoms with Gasteiger partial charge in [-0.3, -0.25) is 9.59 Å². The number of halogens is 2. The predicted molar refractivity (Wildman–Crippen MR) is 72.4 cm³/mol. The molecule has 19 heavy (non-hydrogen) atoms. The van der Waals surface area contributed by atoms with Crippen LogP contribution in [0, 0.1) is 17.7 Å². The van der Waals surface area contributed by atoms with Crippen LogP contribution < -0.4 is 5.32 Å². The van der Waals surface area contributed by atoms with E-state index in [2.05, 4.69) is 21.2 Å². The molecule has 0 aliphatic carbocycles. The Hall–Kier alpha value is -1.43. The molecule has 1 rings (SSSR count). The van der Waals surface area contributed by atoms with Crippen LogP contribution in [-0.4, -0.2) is 23.5 Å². The Kier molecular flexibility index (Phi) is 5.47. The Bertz CT molecular complexity index is 491. The molecule has 0 bridgehead atoms. The monoisotopic (exact) mass is 331 g/mol. The Morgan fingerprint density at radius 3 is 2.53 bits per heavy atom. The first-order valence-electron chi connectivity index (χ1n) is 5.79. The summed E-state index contributed by atoms with van der Waals surface area (Å²) in [7, 11) is 0. The molecular formula is C13H15BrFNO3. The molecule has 6 heteroatoms.